The maximum absolute atomic E-state index is 11.9. The van der Waals surface area contributed by atoms with Crippen LogP contribution in [-0.4, -0.2) is 12.1 Å². The van der Waals surface area contributed by atoms with E-state index in [-0.39, 0.29) is 0 Å². The third-order valence-electron chi connectivity index (χ3n) is 2.15. The number of benzene rings is 1. The number of halogens is 3. The standard InChI is InChI=1S/C11H13F3N2O/c1-7(8-3-2-4-9(15)5-8)16-10(17)6-11(12,13)14/h2-5,7H,6,15H2,1H3,(H,16,17). The predicted molar refractivity (Wildman–Crippen MR) is 58.1 cm³/mol. The smallest absolute Gasteiger partial charge is 0.397 e. The SMILES string of the molecule is CC(NC(=O)CC(F)(F)F)c1cccc(N)c1. The Morgan fingerprint density at radius 1 is 1.47 bits per heavy atom. The molecule has 1 aromatic carbocycles. The Morgan fingerprint density at radius 2 is 2.12 bits per heavy atom. The number of hydrogen-bond acceptors (Lipinski definition) is 2. The topological polar surface area (TPSA) is 55.1 Å². The van der Waals surface area contributed by atoms with Gasteiger partial charge in [-0.05, 0) is 24.6 Å². The molecule has 0 radical (unpaired) electrons. The zero-order valence-corrected chi connectivity index (χ0v) is 9.21. The minimum atomic E-state index is -4.49. The first-order valence-electron chi connectivity index (χ1n) is 4.99. The number of hydrogen-bond donors (Lipinski definition) is 2. The maximum atomic E-state index is 11.9. The molecule has 1 amide bonds. The molecule has 0 fully saturated rings. The van der Waals surface area contributed by atoms with Crippen LogP contribution in [0.1, 0.15) is 24.9 Å². The number of anilines is 1. The molecule has 6 heteroatoms. The molecule has 0 aliphatic carbocycles. The summed E-state index contributed by atoms with van der Waals surface area (Å²) in [7, 11) is 0. The molecule has 94 valence electrons. The number of amides is 1. The molecule has 1 rings (SSSR count). The lowest BCUT2D eigenvalue weighted by atomic mass is 10.1. The molecule has 0 heterocycles. The van der Waals surface area contributed by atoms with Crippen LogP contribution < -0.4 is 11.1 Å². The van der Waals surface area contributed by atoms with Crippen LogP contribution >= 0.6 is 0 Å². The third kappa shape index (κ3) is 4.76. The number of nitrogens with two attached hydrogens (primary N) is 1. The zero-order valence-electron chi connectivity index (χ0n) is 9.21. The van der Waals surface area contributed by atoms with Crippen molar-refractivity contribution in [2.75, 3.05) is 5.73 Å². The van der Waals surface area contributed by atoms with Gasteiger partial charge >= 0.3 is 6.18 Å². The van der Waals surface area contributed by atoms with E-state index >= 15 is 0 Å². The lowest BCUT2D eigenvalue weighted by molar-refractivity contribution is -0.154. The van der Waals surface area contributed by atoms with Crippen molar-refractivity contribution in [3.8, 4) is 0 Å². The number of carbonyl (C=O) groups excluding carboxylic acids is 1. The van der Waals surface area contributed by atoms with Crippen molar-refractivity contribution in [1.29, 1.82) is 0 Å². The zero-order chi connectivity index (χ0) is 13.1. The quantitative estimate of drug-likeness (QED) is 0.804. The second-order valence-corrected chi connectivity index (χ2v) is 3.75. The van der Waals surface area contributed by atoms with Crippen molar-refractivity contribution in [2.45, 2.75) is 25.6 Å². The molecule has 3 nitrogen and oxygen atoms in total. The molecular weight excluding hydrogens is 233 g/mol. The van der Waals surface area contributed by atoms with E-state index < -0.39 is 24.5 Å². The highest BCUT2D eigenvalue weighted by molar-refractivity contribution is 5.77. The van der Waals surface area contributed by atoms with Crippen LogP contribution in [0.3, 0.4) is 0 Å². The summed E-state index contributed by atoms with van der Waals surface area (Å²) >= 11 is 0. The minimum Gasteiger partial charge on any atom is -0.399 e. The first-order chi connectivity index (χ1) is 7.78. The van der Waals surface area contributed by atoms with Gasteiger partial charge in [-0.1, -0.05) is 12.1 Å². The Labute approximate surface area is 96.8 Å². The van der Waals surface area contributed by atoms with Crippen molar-refractivity contribution in [3.63, 3.8) is 0 Å². The van der Waals surface area contributed by atoms with Gasteiger partial charge in [0.2, 0.25) is 5.91 Å². The monoisotopic (exact) mass is 246 g/mol. The van der Waals surface area contributed by atoms with Gasteiger partial charge in [-0.2, -0.15) is 13.2 Å². The van der Waals surface area contributed by atoms with Gasteiger partial charge in [-0.3, -0.25) is 4.79 Å². The summed E-state index contributed by atoms with van der Waals surface area (Å²) in [6.07, 6.45) is -5.96. The van der Waals surface area contributed by atoms with E-state index in [2.05, 4.69) is 5.32 Å². The van der Waals surface area contributed by atoms with Gasteiger partial charge in [-0.15, -0.1) is 0 Å². The summed E-state index contributed by atoms with van der Waals surface area (Å²) in [6.45, 7) is 1.60. The summed E-state index contributed by atoms with van der Waals surface area (Å²) in [5.74, 6) is -1.05. The number of rotatable bonds is 3. The van der Waals surface area contributed by atoms with E-state index in [1.807, 2.05) is 0 Å². The normalized spacial score (nSPS) is 13.2. The van der Waals surface area contributed by atoms with Crippen molar-refractivity contribution in [2.24, 2.45) is 0 Å². The third-order valence-corrected chi connectivity index (χ3v) is 2.15. The van der Waals surface area contributed by atoms with Gasteiger partial charge in [-0.25, -0.2) is 0 Å². The molecule has 3 N–H and O–H groups in total. The van der Waals surface area contributed by atoms with Gasteiger partial charge in [0.05, 0.1) is 6.04 Å². The predicted octanol–water partition coefficient (Wildman–Crippen LogP) is 2.40. The van der Waals surface area contributed by atoms with Crippen LogP contribution in [0.15, 0.2) is 24.3 Å². The van der Waals surface area contributed by atoms with Crippen molar-refractivity contribution < 1.29 is 18.0 Å². The molecule has 0 aromatic heterocycles. The fourth-order valence-corrected chi connectivity index (χ4v) is 1.39. The van der Waals surface area contributed by atoms with Gasteiger partial charge < -0.3 is 11.1 Å². The highest BCUT2D eigenvalue weighted by Gasteiger charge is 2.31. The van der Waals surface area contributed by atoms with Crippen LogP contribution in [0.5, 0.6) is 0 Å². The highest BCUT2D eigenvalue weighted by Crippen LogP contribution is 2.21. The van der Waals surface area contributed by atoms with Crippen LogP contribution in [0, 0.1) is 0 Å². The molecular formula is C11H13F3N2O. The Bertz CT molecular complexity index is 404. The molecule has 0 saturated carbocycles. The number of nitrogens with one attached hydrogen (secondary N) is 1. The van der Waals surface area contributed by atoms with E-state index in [0.717, 1.165) is 0 Å². The second-order valence-electron chi connectivity index (χ2n) is 3.75. The molecule has 1 unspecified atom stereocenters. The van der Waals surface area contributed by atoms with E-state index in [0.29, 0.717) is 11.3 Å². The molecule has 1 aromatic rings. The average Bonchev–Trinajstić information content (AvgIpc) is 2.14. The largest absolute Gasteiger partial charge is 0.399 e. The molecule has 0 aliphatic rings. The number of nitrogen functional groups attached to an aromatic ring is 1. The molecule has 0 spiro atoms. The van der Waals surface area contributed by atoms with Crippen LogP contribution in [-0.2, 0) is 4.79 Å². The Morgan fingerprint density at radius 3 is 2.65 bits per heavy atom. The Balaban J connectivity index is 2.61. The molecule has 0 saturated heterocycles. The Kier molecular flexibility index (Phi) is 3.98. The summed E-state index contributed by atoms with van der Waals surface area (Å²) in [5, 5.41) is 2.27. The minimum absolute atomic E-state index is 0.499. The fourth-order valence-electron chi connectivity index (χ4n) is 1.39. The van der Waals surface area contributed by atoms with Gasteiger partial charge in [0.15, 0.2) is 0 Å². The lowest BCUT2D eigenvalue weighted by Gasteiger charge is -2.15. The van der Waals surface area contributed by atoms with Crippen LogP contribution in [0.2, 0.25) is 0 Å². The second kappa shape index (κ2) is 5.07. The highest BCUT2D eigenvalue weighted by atomic mass is 19.4. The fraction of sp³-hybridized carbons (Fsp3) is 0.364. The van der Waals surface area contributed by atoms with E-state index in [4.69, 9.17) is 5.73 Å². The first-order valence-corrected chi connectivity index (χ1v) is 4.99. The average molecular weight is 246 g/mol. The summed E-state index contributed by atoms with van der Waals surface area (Å²) < 4.78 is 35.8. The molecule has 17 heavy (non-hydrogen) atoms. The van der Waals surface area contributed by atoms with E-state index in [1.54, 1.807) is 31.2 Å². The molecule has 0 bridgehead atoms. The van der Waals surface area contributed by atoms with E-state index in [1.165, 1.54) is 0 Å². The van der Waals surface area contributed by atoms with Crippen molar-refractivity contribution >= 4 is 11.6 Å². The summed E-state index contributed by atoms with van der Waals surface area (Å²) in [6, 6.07) is 6.13. The maximum Gasteiger partial charge on any atom is 0.397 e. The van der Waals surface area contributed by atoms with E-state index in [9.17, 15) is 18.0 Å². The number of alkyl halides is 3. The van der Waals surface area contributed by atoms with Crippen LogP contribution in [0.25, 0.3) is 0 Å². The number of carbonyl (C=O) groups is 1. The lowest BCUT2D eigenvalue weighted by Crippen LogP contribution is -2.30. The van der Waals surface area contributed by atoms with Gasteiger partial charge in [0.25, 0.3) is 0 Å². The van der Waals surface area contributed by atoms with Crippen molar-refractivity contribution in [3.05, 3.63) is 29.8 Å². The molecule has 0 aliphatic heterocycles. The van der Waals surface area contributed by atoms with Crippen LogP contribution in [0.4, 0.5) is 18.9 Å². The van der Waals surface area contributed by atoms with Gasteiger partial charge in [0, 0.05) is 5.69 Å². The Hall–Kier alpha value is -1.72. The molecule has 1 atom stereocenters. The van der Waals surface area contributed by atoms with Gasteiger partial charge in [0.1, 0.15) is 6.42 Å². The first kappa shape index (κ1) is 13.3. The van der Waals surface area contributed by atoms with Crippen molar-refractivity contribution in [1.82, 2.24) is 5.32 Å². The summed E-state index contributed by atoms with van der Waals surface area (Å²) in [5.41, 5.74) is 6.70. The summed E-state index contributed by atoms with van der Waals surface area (Å²) in [4.78, 5) is 11.1.